The molecule has 0 bridgehead atoms. The van der Waals surface area contributed by atoms with Crippen LogP contribution >= 0.6 is 0 Å². The second-order valence-electron chi connectivity index (χ2n) is 7.00. The Kier molecular flexibility index (Phi) is 3.12. The van der Waals surface area contributed by atoms with E-state index in [1.807, 2.05) is 0 Å². The molecule has 1 aliphatic rings. The summed E-state index contributed by atoms with van der Waals surface area (Å²) < 4.78 is 0. The summed E-state index contributed by atoms with van der Waals surface area (Å²) >= 11 is 0. The number of hydrogen-bond acceptors (Lipinski definition) is 1. The highest BCUT2D eigenvalue weighted by Crippen LogP contribution is 2.30. The zero-order valence-corrected chi connectivity index (χ0v) is 12.3. The summed E-state index contributed by atoms with van der Waals surface area (Å²) in [4.78, 5) is 8.21. The zero-order chi connectivity index (χ0) is 13.5. The van der Waals surface area contributed by atoms with Crippen LogP contribution in [0, 0.1) is 5.92 Å². The molecule has 3 rings (SSSR count). The van der Waals surface area contributed by atoms with Crippen molar-refractivity contribution in [1.29, 1.82) is 0 Å². The van der Waals surface area contributed by atoms with Crippen LogP contribution in [0.25, 0.3) is 11.0 Å². The lowest BCUT2D eigenvalue weighted by atomic mass is 9.82. The third-order valence-electron chi connectivity index (χ3n) is 4.41. The number of hydrogen-bond donors (Lipinski definition) is 1. The van der Waals surface area contributed by atoms with Crippen molar-refractivity contribution in [2.45, 2.75) is 58.3 Å². The molecule has 0 amide bonds. The summed E-state index contributed by atoms with van der Waals surface area (Å²) in [6.45, 7) is 6.76. The molecule has 2 nitrogen and oxygen atoms in total. The maximum absolute atomic E-state index is 4.71. The Bertz CT molecular complexity index is 570. The predicted molar refractivity (Wildman–Crippen MR) is 80.5 cm³/mol. The van der Waals surface area contributed by atoms with E-state index in [-0.39, 0.29) is 5.41 Å². The molecule has 102 valence electrons. The molecule has 1 N–H and O–H groups in total. The lowest BCUT2D eigenvalue weighted by Crippen LogP contribution is -2.11. The average molecular weight is 256 g/mol. The van der Waals surface area contributed by atoms with Crippen LogP contribution in [0.15, 0.2) is 18.2 Å². The van der Waals surface area contributed by atoms with Gasteiger partial charge in [-0.15, -0.1) is 0 Å². The molecule has 0 saturated heterocycles. The second-order valence-corrected chi connectivity index (χ2v) is 7.00. The molecule has 2 heteroatoms. The number of aromatic nitrogens is 2. The van der Waals surface area contributed by atoms with Gasteiger partial charge in [-0.1, -0.05) is 46.1 Å². The van der Waals surface area contributed by atoms with Crippen LogP contribution in [0.1, 0.15) is 57.8 Å². The largest absolute Gasteiger partial charge is 0.342 e. The van der Waals surface area contributed by atoms with E-state index in [1.54, 1.807) is 0 Å². The van der Waals surface area contributed by atoms with E-state index in [2.05, 4.69) is 44.0 Å². The zero-order valence-electron chi connectivity index (χ0n) is 12.3. The SMILES string of the molecule is CC(C)(C)c1ccc2nc(CCC3CCC3)[nH]c2c1. The van der Waals surface area contributed by atoms with Crippen LogP contribution in [0.4, 0.5) is 0 Å². The summed E-state index contributed by atoms with van der Waals surface area (Å²) in [5.74, 6) is 2.12. The lowest BCUT2D eigenvalue weighted by Gasteiger charge is -2.24. The highest BCUT2D eigenvalue weighted by molar-refractivity contribution is 5.76. The number of fused-ring (bicyclic) bond motifs is 1. The van der Waals surface area contributed by atoms with E-state index in [0.29, 0.717) is 0 Å². The van der Waals surface area contributed by atoms with Crippen LogP contribution in [-0.2, 0) is 11.8 Å². The predicted octanol–water partition coefficient (Wildman–Crippen LogP) is 4.59. The molecular weight excluding hydrogens is 232 g/mol. The first-order valence-corrected chi connectivity index (χ1v) is 7.51. The van der Waals surface area contributed by atoms with Gasteiger partial charge in [0.05, 0.1) is 11.0 Å². The number of nitrogens with zero attached hydrogens (tertiary/aromatic N) is 1. The molecule has 0 unspecified atom stereocenters. The van der Waals surface area contributed by atoms with Gasteiger partial charge in [-0.2, -0.15) is 0 Å². The van der Waals surface area contributed by atoms with Crippen molar-refractivity contribution in [1.82, 2.24) is 9.97 Å². The molecule has 0 radical (unpaired) electrons. The highest BCUT2D eigenvalue weighted by atomic mass is 14.9. The summed E-state index contributed by atoms with van der Waals surface area (Å²) in [5.41, 5.74) is 3.87. The van der Waals surface area contributed by atoms with E-state index in [4.69, 9.17) is 4.98 Å². The van der Waals surface area contributed by atoms with Crippen molar-refractivity contribution in [3.05, 3.63) is 29.6 Å². The van der Waals surface area contributed by atoms with Gasteiger partial charge in [-0.25, -0.2) is 4.98 Å². The number of H-pyrrole nitrogens is 1. The molecule has 2 aromatic rings. The topological polar surface area (TPSA) is 28.7 Å². The van der Waals surface area contributed by atoms with Crippen molar-refractivity contribution < 1.29 is 0 Å². The third kappa shape index (κ3) is 2.68. The molecular formula is C17H24N2. The number of nitrogens with one attached hydrogen (secondary N) is 1. The van der Waals surface area contributed by atoms with E-state index in [0.717, 1.165) is 23.7 Å². The van der Waals surface area contributed by atoms with Crippen LogP contribution in [0.2, 0.25) is 0 Å². The molecule has 1 saturated carbocycles. The fraction of sp³-hybridized carbons (Fsp3) is 0.588. The molecule has 1 aromatic carbocycles. The van der Waals surface area contributed by atoms with Gasteiger partial charge in [-0.05, 0) is 35.4 Å². The number of rotatable bonds is 3. The van der Waals surface area contributed by atoms with Gasteiger partial charge in [0.1, 0.15) is 5.82 Å². The van der Waals surface area contributed by atoms with Crippen LogP contribution in [0.5, 0.6) is 0 Å². The Labute approximate surface area is 115 Å². The Hall–Kier alpha value is -1.31. The standard InChI is InChI=1S/C17H24N2/c1-17(2,3)13-8-9-14-15(11-13)19-16(18-14)10-7-12-5-4-6-12/h8-9,11-12H,4-7,10H2,1-3H3,(H,18,19). The van der Waals surface area contributed by atoms with E-state index in [1.165, 1.54) is 36.8 Å². The van der Waals surface area contributed by atoms with Crippen molar-refractivity contribution >= 4 is 11.0 Å². The first-order chi connectivity index (χ1) is 9.02. The van der Waals surface area contributed by atoms with Crippen molar-refractivity contribution in [3.8, 4) is 0 Å². The fourth-order valence-electron chi connectivity index (χ4n) is 2.77. The van der Waals surface area contributed by atoms with Crippen molar-refractivity contribution in [3.63, 3.8) is 0 Å². The van der Waals surface area contributed by atoms with Gasteiger partial charge in [-0.3, -0.25) is 0 Å². The normalized spacial score (nSPS) is 16.8. The maximum atomic E-state index is 4.71. The number of benzene rings is 1. The minimum Gasteiger partial charge on any atom is -0.342 e. The molecule has 0 atom stereocenters. The Balaban J connectivity index is 1.79. The monoisotopic (exact) mass is 256 g/mol. The summed E-state index contributed by atoms with van der Waals surface area (Å²) in [6.07, 6.45) is 6.68. The Morgan fingerprint density at radius 1 is 1.26 bits per heavy atom. The van der Waals surface area contributed by atoms with E-state index >= 15 is 0 Å². The van der Waals surface area contributed by atoms with Gasteiger partial charge in [0.2, 0.25) is 0 Å². The van der Waals surface area contributed by atoms with E-state index in [9.17, 15) is 0 Å². The van der Waals surface area contributed by atoms with E-state index < -0.39 is 0 Å². The summed E-state index contributed by atoms with van der Waals surface area (Å²) in [7, 11) is 0. The van der Waals surface area contributed by atoms with Crippen LogP contribution < -0.4 is 0 Å². The highest BCUT2D eigenvalue weighted by Gasteiger charge is 2.18. The Morgan fingerprint density at radius 3 is 2.68 bits per heavy atom. The summed E-state index contributed by atoms with van der Waals surface area (Å²) in [5, 5.41) is 0. The minimum atomic E-state index is 0.200. The second kappa shape index (κ2) is 4.66. The van der Waals surface area contributed by atoms with Crippen LogP contribution in [-0.4, -0.2) is 9.97 Å². The lowest BCUT2D eigenvalue weighted by molar-refractivity contribution is 0.295. The molecule has 0 aliphatic heterocycles. The average Bonchev–Trinajstić information content (AvgIpc) is 2.67. The Morgan fingerprint density at radius 2 is 2.05 bits per heavy atom. The quantitative estimate of drug-likeness (QED) is 0.854. The molecule has 19 heavy (non-hydrogen) atoms. The first kappa shape index (κ1) is 12.7. The number of aromatic amines is 1. The molecule has 0 spiro atoms. The maximum Gasteiger partial charge on any atom is 0.107 e. The van der Waals surface area contributed by atoms with Gasteiger partial charge < -0.3 is 4.98 Å². The van der Waals surface area contributed by atoms with Gasteiger partial charge in [0, 0.05) is 6.42 Å². The van der Waals surface area contributed by atoms with Gasteiger partial charge in [0.25, 0.3) is 0 Å². The summed E-state index contributed by atoms with van der Waals surface area (Å²) in [6, 6.07) is 6.62. The first-order valence-electron chi connectivity index (χ1n) is 7.51. The molecule has 1 aromatic heterocycles. The fourth-order valence-corrected chi connectivity index (χ4v) is 2.77. The molecule has 1 heterocycles. The molecule has 1 aliphatic carbocycles. The smallest absolute Gasteiger partial charge is 0.107 e. The number of aryl methyl sites for hydroxylation is 1. The third-order valence-corrected chi connectivity index (χ3v) is 4.41. The van der Waals surface area contributed by atoms with Crippen molar-refractivity contribution in [2.75, 3.05) is 0 Å². The molecule has 1 fully saturated rings. The van der Waals surface area contributed by atoms with Crippen molar-refractivity contribution in [2.24, 2.45) is 5.92 Å². The minimum absolute atomic E-state index is 0.200. The number of imidazole rings is 1. The van der Waals surface area contributed by atoms with Crippen LogP contribution in [0.3, 0.4) is 0 Å². The van der Waals surface area contributed by atoms with Gasteiger partial charge in [0.15, 0.2) is 0 Å². The van der Waals surface area contributed by atoms with Gasteiger partial charge >= 0.3 is 0 Å².